The number of likely N-dealkylation sites (N-methyl/N-ethyl adjacent to an activating group) is 1. The molecular formula is C16H23F3N2O3. The molecule has 2 rings (SSSR count). The van der Waals surface area contributed by atoms with Crippen LogP contribution in [0.5, 0.6) is 11.5 Å². The summed E-state index contributed by atoms with van der Waals surface area (Å²) in [6.45, 7) is 2.47. The fourth-order valence-electron chi connectivity index (χ4n) is 2.47. The zero-order chi connectivity index (χ0) is 17.6. The molecule has 1 heterocycles. The van der Waals surface area contributed by atoms with Crippen molar-refractivity contribution in [1.29, 1.82) is 0 Å². The van der Waals surface area contributed by atoms with Crippen molar-refractivity contribution in [2.45, 2.75) is 18.8 Å². The fraction of sp³-hybridized carbons (Fsp3) is 0.625. The SMILES string of the molecule is COc1cc(CNCC2CN(C)CCO2)ccc1OCC(F)(F)F. The molecule has 1 saturated heterocycles. The third-order valence-corrected chi connectivity index (χ3v) is 3.66. The molecule has 0 spiro atoms. The van der Waals surface area contributed by atoms with Gasteiger partial charge in [0.25, 0.3) is 0 Å². The van der Waals surface area contributed by atoms with E-state index in [1.54, 1.807) is 12.1 Å². The van der Waals surface area contributed by atoms with E-state index in [9.17, 15) is 13.2 Å². The predicted molar refractivity (Wildman–Crippen MR) is 83.5 cm³/mol. The van der Waals surface area contributed by atoms with Crippen molar-refractivity contribution in [3.8, 4) is 11.5 Å². The molecule has 1 N–H and O–H groups in total. The summed E-state index contributed by atoms with van der Waals surface area (Å²) in [4.78, 5) is 2.21. The zero-order valence-corrected chi connectivity index (χ0v) is 13.9. The highest BCUT2D eigenvalue weighted by Crippen LogP contribution is 2.29. The molecule has 0 aromatic heterocycles. The van der Waals surface area contributed by atoms with Gasteiger partial charge < -0.3 is 24.4 Å². The molecule has 1 aliphatic rings. The number of nitrogens with one attached hydrogen (secondary N) is 1. The van der Waals surface area contributed by atoms with Gasteiger partial charge in [-0.2, -0.15) is 13.2 Å². The molecule has 8 heteroatoms. The molecule has 1 unspecified atom stereocenters. The highest BCUT2D eigenvalue weighted by Gasteiger charge is 2.29. The van der Waals surface area contributed by atoms with E-state index in [0.717, 1.165) is 25.3 Å². The van der Waals surface area contributed by atoms with E-state index in [4.69, 9.17) is 14.2 Å². The van der Waals surface area contributed by atoms with Gasteiger partial charge in [0.05, 0.1) is 19.8 Å². The number of rotatable bonds is 7. The van der Waals surface area contributed by atoms with Crippen LogP contribution in [0.25, 0.3) is 0 Å². The average molecular weight is 348 g/mol. The second-order valence-electron chi connectivity index (χ2n) is 5.78. The maximum absolute atomic E-state index is 12.2. The van der Waals surface area contributed by atoms with Gasteiger partial charge in [0.1, 0.15) is 0 Å². The van der Waals surface area contributed by atoms with Crippen molar-refractivity contribution >= 4 is 0 Å². The minimum atomic E-state index is -4.38. The second kappa shape index (κ2) is 8.55. The maximum atomic E-state index is 12.2. The predicted octanol–water partition coefficient (Wildman–Crippen LogP) is 2.06. The number of halogens is 3. The number of alkyl halides is 3. The zero-order valence-electron chi connectivity index (χ0n) is 13.9. The Labute approximate surface area is 139 Å². The lowest BCUT2D eigenvalue weighted by atomic mass is 10.2. The molecule has 0 bridgehead atoms. The summed E-state index contributed by atoms with van der Waals surface area (Å²) in [5, 5.41) is 3.29. The Bertz CT molecular complexity index is 526. The van der Waals surface area contributed by atoms with E-state index >= 15 is 0 Å². The molecule has 0 saturated carbocycles. The largest absolute Gasteiger partial charge is 0.493 e. The topological polar surface area (TPSA) is 43.0 Å². The number of hydrogen-bond donors (Lipinski definition) is 1. The van der Waals surface area contributed by atoms with Crippen molar-refractivity contribution in [2.24, 2.45) is 0 Å². The van der Waals surface area contributed by atoms with E-state index in [-0.39, 0.29) is 17.6 Å². The molecular weight excluding hydrogens is 325 g/mol. The number of hydrogen-bond acceptors (Lipinski definition) is 5. The minimum Gasteiger partial charge on any atom is -0.493 e. The Morgan fingerprint density at radius 1 is 1.33 bits per heavy atom. The molecule has 136 valence electrons. The summed E-state index contributed by atoms with van der Waals surface area (Å²) < 4.78 is 52.2. The lowest BCUT2D eigenvalue weighted by Crippen LogP contribution is -2.44. The summed E-state index contributed by atoms with van der Waals surface area (Å²) in [5.41, 5.74) is 0.898. The maximum Gasteiger partial charge on any atom is 0.422 e. The van der Waals surface area contributed by atoms with Crippen molar-refractivity contribution in [3.63, 3.8) is 0 Å². The van der Waals surface area contributed by atoms with Gasteiger partial charge in [0, 0.05) is 26.2 Å². The number of benzene rings is 1. The first kappa shape index (κ1) is 18.8. The molecule has 1 aromatic rings. The van der Waals surface area contributed by atoms with Crippen LogP contribution >= 0.6 is 0 Å². The Hall–Kier alpha value is -1.51. The van der Waals surface area contributed by atoms with Gasteiger partial charge in [-0.3, -0.25) is 0 Å². The third-order valence-electron chi connectivity index (χ3n) is 3.66. The van der Waals surface area contributed by atoms with Gasteiger partial charge in [-0.05, 0) is 24.7 Å². The smallest absolute Gasteiger partial charge is 0.422 e. The summed E-state index contributed by atoms with van der Waals surface area (Å²) in [6, 6.07) is 4.88. The number of methoxy groups -OCH3 is 1. The Balaban J connectivity index is 1.84. The van der Waals surface area contributed by atoms with E-state index < -0.39 is 12.8 Å². The quantitative estimate of drug-likeness (QED) is 0.817. The van der Waals surface area contributed by atoms with Gasteiger partial charge >= 0.3 is 6.18 Å². The minimum absolute atomic E-state index is 0.0795. The van der Waals surface area contributed by atoms with Crippen LogP contribution in [0.4, 0.5) is 13.2 Å². The van der Waals surface area contributed by atoms with Crippen molar-refractivity contribution < 1.29 is 27.4 Å². The molecule has 0 aliphatic carbocycles. The molecule has 0 radical (unpaired) electrons. The molecule has 1 atom stereocenters. The van der Waals surface area contributed by atoms with Gasteiger partial charge in [-0.15, -0.1) is 0 Å². The summed E-state index contributed by atoms with van der Waals surface area (Å²) in [6.07, 6.45) is -4.24. The van der Waals surface area contributed by atoms with Crippen LogP contribution in [0.3, 0.4) is 0 Å². The third kappa shape index (κ3) is 6.18. The van der Waals surface area contributed by atoms with Crippen LogP contribution in [0.2, 0.25) is 0 Å². The van der Waals surface area contributed by atoms with E-state index in [2.05, 4.69) is 17.3 Å². The number of morpholine rings is 1. The first-order chi connectivity index (χ1) is 11.4. The van der Waals surface area contributed by atoms with Crippen LogP contribution < -0.4 is 14.8 Å². The van der Waals surface area contributed by atoms with Crippen LogP contribution in [0.15, 0.2) is 18.2 Å². The first-order valence-corrected chi connectivity index (χ1v) is 7.74. The van der Waals surface area contributed by atoms with Crippen LogP contribution in [-0.4, -0.2) is 64.2 Å². The van der Waals surface area contributed by atoms with Gasteiger partial charge in [0.2, 0.25) is 0 Å². The van der Waals surface area contributed by atoms with Crippen LogP contribution in [0, 0.1) is 0 Å². The van der Waals surface area contributed by atoms with Crippen molar-refractivity contribution in [3.05, 3.63) is 23.8 Å². The lowest BCUT2D eigenvalue weighted by Gasteiger charge is -2.30. The molecule has 24 heavy (non-hydrogen) atoms. The summed E-state index contributed by atoms with van der Waals surface area (Å²) in [7, 11) is 3.46. The first-order valence-electron chi connectivity index (χ1n) is 7.74. The van der Waals surface area contributed by atoms with Gasteiger partial charge in [-0.1, -0.05) is 6.07 Å². The molecule has 1 fully saturated rings. The Morgan fingerprint density at radius 3 is 2.79 bits per heavy atom. The molecule has 1 aliphatic heterocycles. The standard InChI is InChI=1S/C16H23F3N2O3/c1-21-5-6-23-13(10-21)9-20-8-12-3-4-14(15(7-12)22-2)24-11-16(17,18)19/h3-4,7,13,20H,5-6,8-11H2,1-2H3. The van der Waals surface area contributed by atoms with Crippen LogP contribution in [0.1, 0.15) is 5.56 Å². The van der Waals surface area contributed by atoms with E-state index in [0.29, 0.717) is 13.1 Å². The number of nitrogens with zero attached hydrogens (tertiary/aromatic N) is 1. The second-order valence-corrected chi connectivity index (χ2v) is 5.78. The molecule has 5 nitrogen and oxygen atoms in total. The van der Waals surface area contributed by atoms with E-state index in [1.807, 2.05) is 0 Å². The summed E-state index contributed by atoms with van der Waals surface area (Å²) >= 11 is 0. The van der Waals surface area contributed by atoms with Gasteiger partial charge in [-0.25, -0.2) is 0 Å². The Morgan fingerprint density at radius 2 is 2.12 bits per heavy atom. The van der Waals surface area contributed by atoms with Crippen molar-refractivity contribution in [1.82, 2.24) is 10.2 Å². The van der Waals surface area contributed by atoms with E-state index in [1.165, 1.54) is 13.2 Å². The number of ether oxygens (including phenoxy) is 3. The van der Waals surface area contributed by atoms with Crippen LogP contribution in [-0.2, 0) is 11.3 Å². The molecule has 1 aromatic carbocycles. The fourth-order valence-corrected chi connectivity index (χ4v) is 2.47. The van der Waals surface area contributed by atoms with Crippen molar-refractivity contribution in [2.75, 3.05) is 47.0 Å². The highest BCUT2D eigenvalue weighted by atomic mass is 19.4. The van der Waals surface area contributed by atoms with Gasteiger partial charge in [0.15, 0.2) is 18.1 Å². The Kier molecular flexibility index (Phi) is 6.70. The summed E-state index contributed by atoms with van der Waals surface area (Å²) in [5.74, 6) is 0.364. The average Bonchev–Trinajstić information content (AvgIpc) is 2.52. The molecule has 0 amide bonds. The monoisotopic (exact) mass is 348 g/mol. The normalized spacial score (nSPS) is 19.3. The lowest BCUT2D eigenvalue weighted by molar-refractivity contribution is -0.153. The highest BCUT2D eigenvalue weighted by molar-refractivity contribution is 5.43.